The third-order valence-corrected chi connectivity index (χ3v) is 5.59. The number of aliphatic carboxylic acids is 1. The third kappa shape index (κ3) is 3.90. The van der Waals surface area contributed by atoms with Crippen LogP contribution in [0.15, 0.2) is 48.7 Å². The quantitative estimate of drug-likeness (QED) is 0.818. The molecule has 1 aromatic heterocycles. The Hall–Kier alpha value is -2.60. The van der Waals surface area contributed by atoms with E-state index in [4.69, 9.17) is 0 Å². The maximum Gasteiger partial charge on any atom is 0.314 e. The fourth-order valence-electron chi connectivity index (χ4n) is 3.91. The van der Waals surface area contributed by atoms with Gasteiger partial charge in [-0.1, -0.05) is 30.3 Å². The minimum Gasteiger partial charge on any atom is -0.481 e. The largest absolute Gasteiger partial charge is 0.481 e. The number of aryl methyl sites for hydroxylation is 2. The summed E-state index contributed by atoms with van der Waals surface area (Å²) in [5, 5.41) is 20.5. The van der Waals surface area contributed by atoms with Crippen molar-refractivity contribution in [3.63, 3.8) is 0 Å². The van der Waals surface area contributed by atoms with Gasteiger partial charge in [-0.05, 0) is 43.4 Å². The lowest BCUT2D eigenvalue weighted by Crippen LogP contribution is -2.57. The maximum absolute atomic E-state index is 12.8. The van der Waals surface area contributed by atoms with Crippen molar-refractivity contribution in [3.8, 4) is 0 Å². The second-order valence-corrected chi connectivity index (χ2v) is 7.34. The van der Waals surface area contributed by atoms with E-state index in [1.807, 2.05) is 30.3 Å². The molecule has 0 radical (unpaired) electrons. The minimum atomic E-state index is -1.33. The number of benzene rings is 1. The van der Waals surface area contributed by atoms with Crippen molar-refractivity contribution in [3.05, 3.63) is 59.9 Å². The molecule has 1 aliphatic rings. The molecule has 3 rings (SSSR count). The molecule has 2 N–H and O–H groups in total. The van der Waals surface area contributed by atoms with Crippen LogP contribution in [0.2, 0.25) is 0 Å². The van der Waals surface area contributed by atoms with Gasteiger partial charge < -0.3 is 19.7 Å². The van der Waals surface area contributed by atoms with Crippen molar-refractivity contribution < 1.29 is 19.8 Å². The second kappa shape index (κ2) is 7.96. The van der Waals surface area contributed by atoms with E-state index in [0.717, 1.165) is 12.0 Å². The average Bonchev–Trinajstić information content (AvgIpc) is 3.09. The van der Waals surface area contributed by atoms with Gasteiger partial charge in [0.05, 0.1) is 6.10 Å². The van der Waals surface area contributed by atoms with E-state index in [0.29, 0.717) is 25.1 Å². The summed E-state index contributed by atoms with van der Waals surface area (Å²) in [6, 6.07) is 13.4. The van der Waals surface area contributed by atoms with Crippen molar-refractivity contribution in [1.29, 1.82) is 0 Å². The van der Waals surface area contributed by atoms with Gasteiger partial charge in [0.1, 0.15) is 11.1 Å². The monoisotopic (exact) mass is 370 g/mol. The lowest BCUT2D eigenvalue weighted by molar-refractivity contribution is -0.162. The number of amides is 1. The Balaban J connectivity index is 1.74. The molecule has 6 nitrogen and oxygen atoms in total. The fourth-order valence-corrected chi connectivity index (χ4v) is 3.91. The summed E-state index contributed by atoms with van der Waals surface area (Å²) >= 11 is 0. The molecule has 1 aromatic carbocycles. The molecule has 2 aromatic rings. The summed E-state index contributed by atoms with van der Waals surface area (Å²) in [6.45, 7) is 0.390. The summed E-state index contributed by atoms with van der Waals surface area (Å²) in [4.78, 5) is 26.5. The average molecular weight is 370 g/mol. The van der Waals surface area contributed by atoms with Gasteiger partial charge in [-0.15, -0.1) is 0 Å². The number of carboxylic acid groups (broad SMARTS) is 1. The van der Waals surface area contributed by atoms with Gasteiger partial charge in [-0.25, -0.2) is 0 Å². The Labute approximate surface area is 159 Å². The summed E-state index contributed by atoms with van der Waals surface area (Å²) in [7, 11) is 1.79. The van der Waals surface area contributed by atoms with Gasteiger partial charge in [0, 0.05) is 26.3 Å². The number of hydrogen-bond acceptors (Lipinski definition) is 3. The van der Waals surface area contributed by atoms with Crippen molar-refractivity contribution >= 4 is 11.9 Å². The summed E-state index contributed by atoms with van der Waals surface area (Å²) in [5.41, 5.74) is 0.337. The van der Waals surface area contributed by atoms with E-state index >= 15 is 0 Å². The predicted octanol–water partition coefficient (Wildman–Crippen LogP) is 2.33. The second-order valence-electron chi connectivity index (χ2n) is 7.34. The van der Waals surface area contributed by atoms with Gasteiger partial charge in [0.25, 0.3) is 5.91 Å². The SMILES string of the molecule is Cn1cccc1C(=O)N1CC[C@H](O)[C@](CCCc2ccccc2)(C(=O)O)C1. The Morgan fingerprint density at radius 1 is 1.19 bits per heavy atom. The summed E-state index contributed by atoms with van der Waals surface area (Å²) in [6.07, 6.45) is 2.82. The normalized spacial score (nSPS) is 22.6. The molecule has 1 saturated heterocycles. The molecule has 6 heteroatoms. The van der Waals surface area contributed by atoms with Crippen LogP contribution in [-0.4, -0.2) is 50.8 Å². The molecular weight excluding hydrogens is 344 g/mol. The number of piperidine rings is 1. The number of carbonyl (C=O) groups excluding carboxylic acids is 1. The molecule has 0 aliphatic carbocycles. The highest BCUT2D eigenvalue weighted by Crippen LogP contribution is 2.36. The number of carbonyl (C=O) groups is 2. The number of aliphatic hydroxyl groups is 1. The lowest BCUT2D eigenvalue weighted by atomic mass is 9.73. The van der Waals surface area contributed by atoms with Crippen LogP contribution in [-0.2, 0) is 18.3 Å². The summed E-state index contributed by atoms with van der Waals surface area (Å²) < 4.78 is 1.73. The number of hydrogen-bond donors (Lipinski definition) is 2. The number of rotatable bonds is 6. The van der Waals surface area contributed by atoms with Crippen molar-refractivity contribution in [1.82, 2.24) is 9.47 Å². The van der Waals surface area contributed by atoms with Gasteiger partial charge in [-0.2, -0.15) is 0 Å². The number of carboxylic acids is 1. The first-order valence-electron chi connectivity index (χ1n) is 9.30. The number of aromatic nitrogens is 1. The first kappa shape index (κ1) is 19.2. The van der Waals surface area contributed by atoms with E-state index in [1.165, 1.54) is 0 Å². The highest BCUT2D eigenvalue weighted by Gasteiger charge is 2.49. The molecule has 1 aliphatic heterocycles. The molecule has 0 saturated carbocycles. The topological polar surface area (TPSA) is 82.8 Å². The van der Waals surface area contributed by atoms with Crippen LogP contribution < -0.4 is 0 Å². The smallest absolute Gasteiger partial charge is 0.314 e. The van der Waals surface area contributed by atoms with Crippen LogP contribution in [0.3, 0.4) is 0 Å². The zero-order valence-electron chi connectivity index (χ0n) is 15.5. The van der Waals surface area contributed by atoms with Gasteiger partial charge in [-0.3, -0.25) is 9.59 Å². The number of likely N-dealkylation sites (tertiary alicyclic amines) is 1. The van der Waals surface area contributed by atoms with E-state index < -0.39 is 17.5 Å². The molecular formula is C21H26N2O4. The van der Waals surface area contributed by atoms with Crippen LogP contribution in [0, 0.1) is 5.41 Å². The molecule has 0 unspecified atom stereocenters. The van der Waals surface area contributed by atoms with E-state index in [2.05, 4.69) is 0 Å². The molecule has 0 bridgehead atoms. The first-order chi connectivity index (χ1) is 12.9. The van der Waals surface area contributed by atoms with Gasteiger partial charge >= 0.3 is 5.97 Å². The molecule has 0 spiro atoms. The van der Waals surface area contributed by atoms with Crippen LogP contribution in [0.1, 0.15) is 35.3 Å². The minimum absolute atomic E-state index is 0.0301. The molecule has 2 heterocycles. The molecule has 1 amide bonds. The summed E-state index contributed by atoms with van der Waals surface area (Å²) in [5.74, 6) is -1.23. The number of nitrogens with zero attached hydrogens (tertiary/aromatic N) is 2. The third-order valence-electron chi connectivity index (χ3n) is 5.59. The Kier molecular flexibility index (Phi) is 5.65. The van der Waals surface area contributed by atoms with Gasteiger partial charge in [0.2, 0.25) is 0 Å². The lowest BCUT2D eigenvalue weighted by Gasteiger charge is -2.43. The van der Waals surface area contributed by atoms with Crippen LogP contribution in [0.4, 0.5) is 0 Å². The molecule has 1 fully saturated rings. The zero-order valence-corrected chi connectivity index (χ0v) is 15.5. The Bertz CT molecular complexity index is 802. The zero-order chi connectivity index (χ0) is 19.4. The van der Waals surface area contributed by atoms with E-state index in [9.17, 15) is 19.8 Å². The van der Waals surface area contributed by atoms with Crippen molar-refractivity contribution in [2.75, 3.05) is 13.1 Å². The maximum atomic E-state index is 12.8. The van der Waals surface area contributed by atoms with Crippen molar-refractivity contribution in [2.24, 2.45) is 12.5 Å². The Morgan fingerprint density at radius 3 is 2.56 bits per heavy atom. The van der Waals surface area contributed by atoms with E-state index in [-0.39, 0.29) is 18.9 Å². The Morgan fingerprint density at radius 2 is 1.93 bits per heavy atom. The molecule has 27 heavy (non-hydrogen) atoms. The van der Waals surface area contributed by atoms with Crippen LogP contribution >= 0.6 is 0 Å². The van der Waals surface area contributed by atoms with Crippen LogP contribution in [0.5, 0.6) is 0 Å². The predicted molar refractivity (Wildman–Crippen MR) is 101 cm³/mol. The van der Waals surface area contributed by atoms with Crippen molar-refractivity contribution in [2.45, 2.75) is 31.8 Å². The first-order valence-corrected chi connectivity index (χ1v) is 9.30. The molecule has 2 atom stereocenters. The van der Waals surface area contributed by atoms with Gasteiger partial charge in [0.15, 0.2) is 0 Å². The molecule has 144 valence electrons. The fraction of sp³-hybridized carbons (Fsp3) is 0.429. The highest BCUT2D eigenvalue weighted by atomic mass is 16.4. The number of aliphatic hydroxyl groups excluding tert-OH is 1. The highest BCUT2D eigenvalue weighted by molar-refractivity contribution is 5.93. The standard InChI is InChI=1S/C21H26N2O4/c1-22-13-6-10-17(22)19(25)23-14-11-18(24)21(15-23,20(26)27)12-5-9-16-7-3-2-4-8-16/h2-4,6-8,10,13,18,24H,5,9,11-12,14-15H2,1H3,(H,26,27)/t18-,21+/m0/s1. The van der Waals surface area contributed by atoms with Crippen LogP contribution in [0.25, 0.3) is 0 Å². The van der Waals surface area contributed by atoms with E-state index in [1.54, 1.807) is 34.8 Å².